The zero-order valence-corrected chi connectivity index (χ0v) is 9.54. The van der Waals surface area contributed by atoms with Gasteiger partial charge in [-0.15, -0.1) is 0 Å². The molecule has 0 aromatic heterocycles. The van der Waals surface area contributed by atoms with E-state index in [9.17, 15) is 4.79 Å². The second-order valence-electron chi connectivity index (χ2n) is 3.52. The molecular weight excluding hydrogens is 214 g/mol. The normalized spacial score (nSPS) is 12.2. The van der Waals surface area contributed by atoms with E-state index in [1.54, 1.807) is 19.1 Å². The van der Waals surface area contributed by atoms with E-state index in [1.165, 1.54) is 0 Å². The summed E-state index contributed by atoms with van der Waals surface area (Å²) in [6.07, 6.45) is 0. The number of halogens is 1. The van der Waals surface area contributed by atoms with Gasteiger partial charge in [-0.1, -0.05) is 18.5 Å². The largest absolute Gasteiger partial charge is 0.493 e. The summed E-state index contributed by atoms with van der Waals surface area (Å²) >= 11 is 5.80. The van der Waals surface area contributed by atoms with Crippen LogP contribution in [0.5, 0.6) is 5.75 Å². The van der Waals surface area contributed by atoms with Gasteiger partial charge >= 0.3 is 0 Å². The fraction of sp³-hybridized carbons (Fsp3) is 0.364. The Hall–Kier alpha value is -1.22. The van der Waals surface area contributed by atoms with Crippen LogP contribution >= 0.6 is 11.6 Å². The lowest BCUT2D eigenvalue weighted by Gasteiger charge is -2.12. The molecule has 0 radical (unpaired) electrons. The van der Waals surface area contributed by atoms with Gasteiger partial charge in [0.2, 0.25) is 5.91 Å². The number of amides is 1. The Bertz CT molecular complexity index is 366. The van der Waals surface area contributed by atoms with Crippen molar-refractivity contribution in [3.63, 3.8) is 0 Å². The summed E-state index contributed by atoms with van der Waals surface area (Å²) in [7, 11) is 0. The molecule has 0 aliphatic heterocycles. The smallest absolute Gasteiger partial charge is 0.223 e. The third kappa shape index (κ3) is 3.44. The minimum atomic E-state index is -0.360. The summed E-state index contributed by atoms with van der Waals surface area (Å²) in [5.41, 5.74) is 6.07. The number of rotatable bonds is 4. The van der Waals surface area contributed by atoms with Crippen molar-refractivity contribution < 1.29 is 9.53 Å². The summed E-state index contributed by atoms with van der Waals surface area (Å²) in [6.45, 7) is 3.92. The Morgan fingerprint density at radius 1 is 1.60 bits per heavy atom. The summed E-state index contributed by atoms with van der Waals surface area (Å²) < 4.78 is 5.46. The molecule has 0 saturated carbocycles. The Morgan fingerprint density at radius 2 is 2.27 bits per heavy atom. The number of carbonyl (C=O) groups excluding carboxylic acids is 1. The number of benzene rings is 1. The minimum Gasteiger partial charge on any atom is -0.493 e. The molecule has 0 spiro atoms. The van der Waals surface area contributed by atoms with Crippen molar-refractivity contribution in [2.75, 3.05) is 6.61 Å². The molecule has 1 atom stereocenters. The van der Waals surface area contributed by atoms with Crippen LogP contribution in [0, 0.1) is 12.8 Å². The SMILES string of the molecule is Cc1cc(Cl)ccc1OCC(C)C(N)=O. The van der Waals surface area contributed by atoms with E-state index >= 15 is 0 Å². The second-order valence-corrected chi connectivity index (χ2v) is 3.96. The molecule has 0 bridgehead atoms. The van der Waals surface area contributed by atoms with Crippen molar-refractivity contribution in [1.82, 2.24) is 0 Å². The first kappa shape index (κ1) is 11.9. The topological polar surface area (TPSA) is 52.3 Å². The first-order valence-corrected chi connectivity index (χ1v) is 5.06. The van der Waals surface area contributed by atoms with Crippen molar-refractivity contribution in [2.45, 2.75) is 13.8 Å². The van der Waals surface area contributed by atoms with Crippen molar-refractivity contribution in [1.29, 1.82) is 0 Å². The number of hydrogen-bond acceptors (Lipinski definition) is 2. The van der Waals surface area contributed by atoms with Crippen molar-refractivity contribution in [3.05, 3.63) is 28.8 Å². The quantitative estimate of drug-likeness (QED) is 0.857. The maximum absolute atomic E-state index is 10.8. The molecule has 4 heteroatoms. The molecule has 2 N–H and O–H groups in total. The van der Waals surface area contributed by atoms with Gasteiger partial charge in [-0.3, -0.25) is 4.79 Å². The molecule has 15 heavy (non-hydrogen) atoms. The van der Waals surface area contributed by atoms with Gasteiger partial charge in [0.15, 0.2) is 0 Å². The fourth-order valence-electron chi connectivity index (χ4n) is 1.07. The lowest BCUT2D eigenvalue weighted by atomic mass is 10.2. The molecule has 3 nitrogen and oxygen atoms in total. The Morgan fingerprint density at radius 3 is 2.80 bits per heavy atom. The van der Waals surface area contributed by atoms with E-state index in [-0.39, 0.29) is 18.4 Å². The number of aryl methyl sites for hydroxylation is 1. The summed E-state index contributed by atoms with van der Waals surface area (Å²) in [5, 5.41) is 0.669. The Kier molecular flexibility index (Phi) is 3.97. The van der Waals surface area contributed by atoms with E-state index in [0.29, 0.717) is 5.02 Å². The van der Waals surface area contributed by atoms with E-state index in [0.717, 1.165) is 11.3 Å². The van der Waals surface area contributed by atoms with E-state index in [2.05, 4.69) is 0 Å². The van der Waals surface area contributed by atoms with E-state index in [1.807, 2.05) is 13.0 Å². The maximum Gasteiger partial charge on any atom is 0.223 e. The molecule has 0 fully saturated rings. The molecule has 0 heterocycles. The van der Waals surface area contributed by atoms with Crippen LogP contribution in [0.1, 0.15) is 12.5 Å². The summed E-state index contributed by atoms with van der Waals surface area (Å²) in [6, 6.07) is 5.34. The maximum atomic E-state index is 10.8. The molecule has 0 aliphatic carbocycles. The highest BCUT2D eigenvalue weighted by molar-refractivity contribution is 6.30. The Labute approximate surface area is 94.2 Å². The molecule has 0 aliphatic rings. The average molecular weight is 228 g/mol. The summed E-state index contributed by atoms with van der Waals surface area (Å²) in [4.78, 5) is 10.8. The molecule has 1 aromatic carbocycles. The molecule has 1 unspecified atom stereocenters. The predicted molar refractivity (Wildman–Crippen MR) is 60.0 cm³/mol. The third-order valence-electron chi connectivity index (χ3n) is 2.11. The van der Waals surface area contributed by atoms with Crippen molar-refractivity contribution in [3.8, 4) is 5.75 Å². The lowest BCUT2D eigenvalue weighted by Crippen LogP contribution is -2.25. The van der Waals surface area contributed by atoms with Crippen LogP contribution in [-0.2, 0) is 4.79 Å². The number of primary amides is 1. The molecule has 1 rings (SSSR count). The number of hydrogen-bond donors (Lipinski definition) is 1. The molecule has 1 amide bonds. The highest BCUT2D eigenvalue weighted by Gasteiger charge is 2.10. The number of carbonyl (C=O) groups is 1. The zero-order chi connectivity index (χ0) is 11.4. The van der Waals surface area contributed by atoms with Crippen molar-refractivity contribution in [2.24, 2.45) is 11.7 Å². The monoisotopic (exact) mass is 227 g/mol. The Balaban J connectivity index is 2.62. The molecule has 0 saturated heterocycles. The standard InChI is InChI=1S/C11H14ClNO2/c1-7-5-9(12)3-4-10(7)15-6-8(2)11(13)14/h3-5,8H,6H2,1-2H3,(H2,13,14). The fourth-order valence-corrected chi connectivity index (χ4v) is 1.30. The predicted octanol–water partition coefficient (Wildman–Crippen LogP) is 2.15. The van der Waals surface area contributed by atoms with Crippen LogP contribution in [-0.4, -0.2) is 12.5 Å². The number of ether oxygens (including phenoxy) is 1. The minimum absolute atomic E-state index is 0.289. The van der Waals surface area contributed by atoms with Gasteiger partial charge < -0.3 is 10.5 Å². The van der Waals surface area contributed by atoms with Crippen LogP contribution in [0.3, 0.4) is 0 Å². The van der Waals surface area contributed by atoms with Gasteiger partial charge in [-0.25, -0.2) is 0 Å². The second kappa shape index (κ2) is 5.03. The van der Waals surface area contributed by atoms with Crippen LogP contribution in [0.2, 0.25) is 5.02 Å². The van der Waals surface area contributed by atoms with Gasteiger partial charge in [0.25, 0.3) is 0 Å². The van der Waals surface area contributed by atoms with Crippen LogP contribution < -0.4 is 10.5 Å². The molecule has 1 aromatic rings. The van der Waals surface area contributed by atoms with Gasteiger partial charge in [0.05, 0.1) is 12.5 Å². The van der Waals surface area contributed by atoms with E-state index in [4.69, 9.17) is 22.1 Å². The highest BCUT2D eigenvalue weighted by Crippen LogP contribution is 2.22. The first-order chi connectivity index (χ1) is 7.00. The van der Waals surface area contributed by atoms with Gasteiger partial charge in [0, 0.05) is 5.02 Å². The van der Waals surface area contributed by atoms with Crippen LogP contribution in [0.25, 0.3) is 0 Å². The average Bonchev–Trinajstić information content (AvgIpc) is 2.15. The number of nitrogens with two attached hydrogens (primary N) is 1. The molecular formula is C11H14ClNO2. The highest BCUT2D eigenvalue weighted by atomic mass is 35.5. The van der Waals surface area contributed by atoms with Crippen LogP contribution in [0.4, 0.5) is 0 Å². The zero-order valence-electron chi connectivity index (χ0n) is 8.79. The van der Waals surface area contributed by atoms with E-state index < -0.39 is 0 Å². The third-order valence-corrected chi connectivity index (χ3v) is 2.35. The van der Waals surface area contributed by atoms with Gasteiger partial charge in [-0.2, -0.15) is 0 Å². The molecule has 82 valence electrons. The summed E-state index contributed by atoms with van der Waals surface area (Å²) in [5.74, 6) is 0.0780. The lowest BCUT2D eigenvalue weighted by molar-refractivity contribution is -0.122. The van der Waals surface area contributed by atoms with Gasteiger partial charge in [0.1, 0.15) is 5.75 Å². The first-order valence-electron chi connectivity index (χ1n) is 4.69. The van der Waals surface area contributed by atoms with Gasteiger partial charge in [-0.05, 0) is 30.7 Å². The van der Waals surface area contributed by atoms with Crippen molar-refractivity contribution >= 4 is 17.5 Å². The van der Waals surface area contributed by atoms with Crippen LogP contribution in [0.15, 0.2) is 18.2 Å².